The van der Waals surface area contributed by atoms with Gasteiger partial charge in [0.25, 0.3) is 0 Å². The SMILES string of the molecule is C=Cc1ccc(C=C)cc1.C=Cc1ccccc1.S=C=NCc1ccccc1. The Morgan fingerprint density at radius 1 is 0.643 bits per heavy atom. The van der Waals surface area contributed by atoms with Crippen LogP contribution in [-0.2, 0) is 6.54 Å². The van der Waals surface area contributed by atoms with Gasteiger partial charge in [-0.2, -0.15) is 0 Å². The van der Waals surface area contributed by atoms with Crippen molar-refractivity contribution in [1.29, 1.82) is 0 Å². The van der Waals surface area contributed by atoms with Gasteiger partial charge in [-0.3, -0.25) is 0 Å². The first-order valence-electron chi connectivity index (χ1n) is 8.83. The highest BCUT2D eigenvalue weighted by atomic mass is 32.1. The van der Waals surface area contributed by atoms with Gasteiger partial charge >= 0.3 is 0 Å². The van der Waals surface area contributed by atoms with E-state index in [2.05, 4.69) is 42.1 Å². The fraction of sp³-hybridized carbons (Fsp3) is 0.0385. The number of isothiocyanates is 1. The Labute approximate surface area is 174 Å². The largest absolute Gasteiger partial charge is 0.228 e. The third-order valence-electron chi connectivity index (χ3n) is 3.61. The van der Waals surface area contributed by atoms with Crippen molar-refractivity contribution in [3.63, 3.8) is 0 Å². The summed E-state index contributed by atoms with van der Waals surface area (Å²) in [7, 11) is 0. The maximum atomic E-state index is 4.43. The van der Waals surface area contributed by atoms with Gasteiger partial charge < -0.3 is 0 Å². The van der Waals surface area contributed by atoms with Crippen LogP contribution in [0.2, 0.25) is 0 Å². The number of rotatable bonds is 5. The second-order valence-electron chi connectivity index (χ2n) is 5.58. The van der Waals surface area contributed by atoms with E-state index in [9.17, 15) is 0 Å². The Hall–Kier alpha value is -3.32. The molecule has 0 aliphatic heterocycles. The van der Waals surface area contributed by atoms with E-state index in [0.717, 1.165) is 11.1 Å². The molecule has 0 N–H and O–H groups in total. The Kier molecular flexibility index (Phi) is 12.0. The smallest absolute Gasteiger partial charge is 0.0743 e. The minimum Gasteiger partial charge on any atom is -0.228 e. The zero-order valence-electron chi connectivity index (χ0n) is 16.0. The van der Waals surface area contributed by atoms with Crippen LogP contribution in [0.25, 0.3) is 18.2 Å². The van der Waals surface area contributed by atoms with Crippen LogP contribution in [0.3, 0.4) is 0 Å². The molecule has 0 atom stereocenters. The van der Waals surface area contributed by atoms with Crippen molar-refractivity contribution in [3.05, 3.63) is 127 Å². The zero-order valence-corrected chi connectivity index (χ0v) is 16.8. The van der Waals surface area contributed by atoms with Gasteiger partial charge in [-0.15, -0.1) is 0 Å². The molecule has 0 aliphatic rings. The predicted octanol–water partition coefficient (Wildman–Crippen LogP) is 7.59. The first kappa shape index (κ1) is 22.7. The molecule has 0 heterocycles. The molecule has 0 aromatic heterocycles. The Morgan fingerprint density at radius 3 is 1.39 bits per heavy atom. The lowest BCUT2D eigenvalue weighted by Gasteiger charge is -1.92. The van der Waals surface area contributed by atoms with E-state index >= 15 is 0 Å². The van der Waals surface area contributed by atoms with Gasteiger partial charge in [0.1, 0.15) is 0 Å². The van der Waals surface area contributed by atoms with E-state index in [0.29, 0.717) is 6.54 Å². The van der Waals surface area contributed by atoms with Gasteiger partial charge in [0.15, 0.2) is 0 Å². The third-order valence-corrected chi connectivity index (χ3v) is 3.74. The number of hydrogen-bond acceptors (Lipinski definition) is 2. The average molecular weight is 384 g/mol. The van der Waals surface area contributed by atoms with Crippen molar-refractivity contribution >= 4 is 35.6 Å². The molecule has 3 rings (SSSR count). The Balaban J connectivity index is 0.000000212. The second-order valence-corrected chi connectivity index (χ2v) is 5.77. The third kappa shape index (κ3) is 9.98. The molecule has 0 fully saturated rings. The normalized spacial score (nSPS) is 8.57. The van der Waals surface area contributed by atoms with Crippen LogP contribution in [-0.4, -0.2) is 5.16 Å². The van der Waals surface area contributed by atoms with Crippen LogP contribution in [0.4, 0.5) is 0 Å². The molecular formula is C26H25NS. The molecule has 1 nitrogen and oxygen atoms in total. The number of aliphatic imine (C=N–C) groups is 1. The lowest BCUT2D eigenvalue weighted by atomic mass is 10.1. The van der Waals surface area contributed by atoms with Crippen molar-refractivity contribution < 1.29 is 0 Å². The molecule has 0 amide bonds. The van der Waals surface area contributed by atoms with Crippen molar-refractivity contribution in [3.8, 4) is 0 Å². The van der Waals surface area contributed by atoms with Gasteiger partial charge in [-0.05, 0) is 34.5 Å². The van der Waals surface area contributed by atoms with Gasteiger partial charge in [0, 0.05) is 0 Å². The van der Waals surface area contributed by atoms with Crippen molar-refractivity contribution in [2.45, 2.75) is 6.54 Å². The minimum absolute atomic E-state index is 0.643. The Morgan fingerprint density at radius 2 is 1.04 bits per heavy atom. The molecule has 0 spiro atoms. The molecule has 3 aromatic rings. The van der Waals surface area contributed by atoms with Crippen molar-refractivity contribution in [2.24, 2.45) is 4.99 Å². The molecule has 3 aromatic carbocycles. The van der Waals surface area contributed by atoms with Crippen LogP contribution >= 0.6 is 12.2 Å². The molecule has 28 heavy (non-hydrogen) atoms. The second kappa shape index (κ2) is 14.8. The number of thiocarbonyl (C=S) groups is 1. The average Bonchev–Trinajstić information content (AvgIpc) is 2.80. The Bertz CT molecular complexity index is 848. The molecule has 0 bridgehead atoms. The van der Waals surface area contributed by atoms with Gasteiger partial charge in [0.2, 0.25) is 0 Å². The summed E-state index contributed by atoms with van der Waals surface area (Å²) in [5, 5.41) is 2.32. The maximum absolute atomic E-state index is 4.43. The number of hydrogen-bond donors (Lipinski definition) is 0. The van der Waals surface area contributed by atoms with E-state index in [1.165, 1.54) is 11.1 Å². The summed E-state index contributed by atoms with van der Waals surface area (Å²) >= 11 is 4.43. The summed E-state index contributed by atoms with van der Waals surface area (Å²) in [4.78, 5) is 3.81. The van der Waals surface area contributed by atoms with Crippen LogP contribution in [0.1, 0.15) is 22.3 Å². The van der Waals surface area contributed by atoms with Gasteiger partial charge in [-0.25, -0.2) is 4.99 Å². The fourth-order valence-electron chi connectivity index (χ4n) is 2.06. The van der Waals surface area contributed by atoms with Crippen LogP contribution in [0.15, 0.2) is 110 Å². The zero-order chi connectivity index (χ0) is 20.5. The molecule has 0 aliphatic carbocycles. The summed E-state index contributed by atoms with van der Waals surface area (Å²) < 4.78 is 0. The van der Waals surface area contributed by atoms with E-state index in [-0.39, 0.29) is 0 Å². The molecule has 140 valence electrons. The van der Waals surface area contributed by atoms with Crippen molar-refractivity contribution in [2.75, 3.05) is 0 Å². The van der Waals surface area contributed by atoms with E-state index in [1.807, 2.05) is 103 Å². The predicted molar refractivity (Wildman–Crippen MR) is 128 cm³/mol. The van der Waals surface area contributed by atoms with E-state index < -0.39 is 0 Å². The molecule has 2 heteroatoms. The molecule has 0 radical (unpaired) electrons. The van der Waals surface area contributed by atoms with E-state index in [1.54, 1.807) is 0 Å². The quantitative estimate of drug-likeness (QED) is 0.326. The van der Waals surface area contributed by atoms with E-state index in [4.69, 9.17) is 0 Å². The maximum Gasteiger partial charge on any atom is 0.0743 e. The fourth-order valence-corrected chi connectivity index (χ4v) is 2.13. The summed E-state index contributed by atoms with van der Waals surface area (Å²) in [6.45, 7) is 11.6. The molecular weight excluding hydrogens is 358 g/mol. The van der Waals surface area contributed by atoms with Gasteiger partial charge in [-0.1, -0.05) is 123 Å². The monoisotopic (exact) mass is 383 g/mol. The highest BCUT2D eigenvalue weighted by Crippen LogP contribution is 2.05. The summed E-state index contributed by atoms with van der Waals surface area (Å²) in [5.74, 6) is 0. The lowest BCUT2D eigenvalue weighted by molar-refractivity contribution is 1.08. The molecule has 0 saturated heterocycles. The van der Waals surface area contributed by atoms with Gasteiger partial charge in [0.05, 0.1) is 11.7 Å². The number of nitrogens with zero attached hydrogens (tertiary/aromatic N) is 1. The number of benzene rings is 3. The first-order chi connectivity index (χ1) is 13.7. The van der Waals surface area contributed by atoms with Crippen molar-refractivity contribution in [1.82, 2.24) is 0 Å². The highest BCUT2D eigenvalue weighted by molar-refractivity contribution is 7.78. The molecule has 0 saturated carbocycles. The summed E-state index contributed by atoms with van der Waals surface area (Å²) in [6, 6.07) is 28.1. The highest BCUT2D eigenvalue weighted by Gasteiger charge is 1.85. The lowest BCUT2D eigenvalue weighted by Crippen LogP contribution is -1.76. The summed E-state index contributed by atoms with van der Waals surface area (Å²) in [6.07, 6.45) is 5.49. The van der Waals surface area contributed by atoms with Crippen LogP contribution in [0, 0.1) is 0 Å². The summed E-state index contributed by atoms with van der Waals surface area (Å²) in [5.41, 5.74) is 4.63. The van der Waals surface area contributed by atoms with Crippen LogP contribution < -0.4 is 0 Å². The molecule has 0 unspecified atom stereocenters. The minimum atomic E-state index is 0.643. The van der Waals surface area contributed by atoms with Crippen LogP contribution in [0.5, 0.6) is 0 Å². The first-order valence-corrected chi connectivity index (χ1v) is 9.24. The topological polar surface area (TPSA) is 12.4 Å². The standard InChI is InChI=1S/C10H10.C8H7NS.C8H8/c1-3-9-5-7-10(4-2)8-6-9;10-7-9-6-8-4-2-1-3-5-8;1-2-8-6-4-3-5-7-8/h3-8H,1-2H2;1-5H,6H2;2-7H,1H2.